The molecule has 15 heavy (non-hydrogen) atoms. The van der Waals surface area contributed by atoms with Crippen LogP contribution in [0.15, 0.2) is 23.1 Å². The summed E-state index contributed by atoms with van der Waals surface area (Å²) in [5.74, 6) is 0. The second-order valence-electron chi connectivity index (χ2n) is 3.49. The number of nitrogen functional groups attached to an aromatic ring is 1. The summed E-state index contributed by atoms with van der Waals surface area (Å²) < 4.78 is 30.7. The van der Waals surface area contributed by atoms with Gasteiger partial charge < -0.3 is 5.73 Å². The minimum atomic E-state index is -4.15. The lowest BCUT2D eigenvalue weighted by molar-refractivity contribution is 0.483. The maximum absolute atomic E-state index is 10.9. The number of aryl methyl sites for hydroxylation is 1. The summed E-state index contributed by atoms with van der Waals surface area (Å²) in [6.45, 7) is 2.05. The maximum atomic E-state index is 10.9. The van der Waals surface area contributed by atoms with E-state index in [0.717, 1.165) is 24.8 Å². The molecule has 3 N–H and O–H groups in total. The molecule has 0 bridgehead atoms. The van der Waals surface area contributed by atoms with E-state index in [0.29, 0.717) is 5.69 Å². The summed E-state index contributed by atoms with van der Waals surface area (Å²) in [4.78, 5) is -0.131. The van der Waals surface area contributed by atoms with Crippen LogP contribution in [0.1, 0.15) is 25.3 Å². The van der Waals surface area contributed by atoms with Crippen molar-refractivity contribution in [2.24, 2.45) is 0 Å². The fourth-order valence-corrected chi connectivity index (χ4v) is 1.95. The quantitative estimate of drug-likeness (QED) is 0.610. The highest BCUT2D eigenvalue weighted by molar-refractivity contribution is 7.85. The third kappa shape index (κ3) is 3.53. The third-order valence-corrected chi connectivity index (χ3v) is 2.94. The summed E-state index contributed by atoms with van der Waals surface area (Å²) in [6, 6.07) is 4.44. The molecule has 0 aromatic heterocycles. The first-order valence-electron chi connectivity index (χ1n) is 4.80. The Morgan fingerprint density at radius 3 is 2.53 bits per heavy atom. The molecule has 0 fully saturated rings. The van der Waals surface area contributed by atoms with E-state index in [4.69, 9.17) is 10.3 Å². The van der Waals surface area contributed by atoms with Gasteiger partial charge in [-0.1, -0.05) is 13.3 Å². The van der Waals surface area contributed by atoms with Crippen LogP contribution in [-0.2, 0) is 16.5 Å². The van der Waals surface area contributed by atoms with Crippen LogP contribution in [-0.4, -0.2) is 13.0 Å². The Morgan fingerprint density at radius 2 is 2.00 bits per heavy atom. The van der Waals surface area contributed by atoms with E-state index >= 15 is 0 Å². The van der Waals surface area contributed by atoms with Crippen LogP contribution in [0.25, 0.3) is 0 Å². The van der Waals surface area contributed by atoms with Gasteiger partial charge in [-0.3, -0.25) is 4.55 Å². The van der Waals surface area contributed by atoms with Crippen LogP contribution in [0.2, 0.25) is 0 Å². The van der Waals surface area contributed by atoms with Crippen molar-refractivity contribution in [2.75, 3.05) is 5.73 Å². The van der Waals surface area contributed by atoms with E-state index in [1.54, 1.807) is 6.07 Å². The predicted octanol–water partition coefficient (Wildman–Crippen LogP) is 1.86. The van der Waals surface area contributed by atoms with Gasteiger partial charge in [-0.25, -0.2) is 0 Å². The number of hydrogen-bond acceptors (Lipinski definition) is 3. The van der Waals surface area contributed by atoms with Crippen LogP contribution in [0.4, 0.5) is 5.69 Å². The molecule has 0 aliphatic heterocycles. The van der Waals surface area contributed by atoms with Gasteiger partial charge in [-0.2, -0.15) is 8.42 Å². The average molecular weight is 229 g/mol. The van der Waals surface area contributed by atoms with Gasteiger partial charge in [-0.05, 0) is 36.6 Å². The number of hydrogen-bond donors (Lipinski definition) is 2. The van der Waals surface area contributed by atoms with E-state index in [2.05, 4.69) is 6.92 Å². The predicted molar refractivity (Wildman–Crippen MR) is 59.3 cm³/mol. The summed E-state index contributed by atoms with van der Waals surface area (Å²) in [6.07, 6.45) is 2.76. The van der Waals surface area contributed by atoms with E-state index in [-0.39, 0.29) is 4.90 Å². The molecule has 0 atom stereocenters. The molecular weight excluding hydrogens is 214 g/mol. The summed E-state index contributed by atoms with van der Waals surface area (Å²) in [5.41, 5.74) is 6.75. The van der Waals surface area contributed by atoms with Gasteiger partial charge in [0, 0.05) is 5.69 Å². The summed E-state index contributed by atoms with van der Waals surface area (Å²) in [5, 5.41) is 0. The monoisotopic (exact) mass is 229 g/mol. The fraction of sp³-hybridized carbons (Fsp3) is 0.400. The standard InChI is InChI=1S/C10H15NO3S/c1-2-3-4-8-5-9(11)7-10(6-8)15(12,13)14/h5-7H,2-4,11H2,1H3,(H,12,13,14). The van der Waals surface area contributed by atoms with Crippen LogP contribution in [0, 0.1) is 0 Å². The lowest BCUT2D eigenvalue weighted by Gasteiger charge is -2.04. The van der Waals surface area contributed by atoms with Crippen molar-refractivity contribution in [1.82, 2.24) is 0 Å². The molecule has 84 valence electrons. The first-order valence-corrected chi connectivity index (χ1v) is 6.24. The van der Waals surface area contributed by atoms with Crippen LogP contribution in [0.3, 0.4) is 0 Å². The van der Waals surface area contributed by atoms with Gasteiger partial charge in [-0.15, -0.1) is 0 Å². The number of unbranched alkanes of at least 4 members (excludes halogenated alkanes) is 1. The first kappa shape index (κ1) is 12.0. The molecule has 0 amide bonds. The Labute approximate surface area is 89.9 Å². The molecule has 0 heterocycles. The van der Waals surface area contributed by atoms with Crippen molar-refractivity contribution >= 4 is 15.8 Å². The van der Waals surface area contributed by atoms with Crippen molar-refractivity contribution in [3.05, 3.63) is 23.8 Å². The van der Waals surface area contributed by atoms with Gasteiger partial charge >= 0.3 is 0 Å². The van der Waals surface area contributed by atoms with Gasteiger partial charge in [0.15, 0.2) is 0 Å². The Bertz CT molecular complexity index is 440. The highest BCUT2D eigenvalue weighted by Crippen LogP contribution is 2.18. The number of rotatable bonds is 4. The lowest BCUT2D eigenvalue weighted by Crippen LogP contribution is -2.01. The van der Waals surface area contributed by atoms with Crippen molar-refractivity contribution < 1.29 is 13.0 Å². The molecule has 1 aromatic rings. The normalized spacial score (nSPS) is 11.6. The Kier molecular flexibility index (Phi) is 3.71. The Balaban J connectivity index is 3.06. The van der Waals surface area contributed by atoms with Crippen LogP contribution >= 0.6 is 0 Å². The largest absolute Gasteiger partial charge is 0.399 e. The zero-order valence-corrected chi connectivity index (χ0v) is 9.42. The zero-order valence-electron chi connectivity index (χ0n) is 8.60. The molecule has 1 aromatic carbocycles. The summed E-state index contributed by atoms with van der Waals surface area (Å²) in [7, 11) is -4.15. The van der Waals surface area contributed by atoms with E-state index in [9.17, 15) is 8.42 Å². The molecule has 0 aliphatic rings. The Hall–Kier alpha value is -1.07. The third-order valence-electron chi connectivity index (χ3n) is 2.11. The molecule has 0 saturated heterocycles. The highest BCUT2D eigenvalue weighted by Gasteiger charge is 2.11. The average Bonchev–Trinajstić information content (AvgIpc) is 2.12. The maximum Gasteiger partial charge on any atom is 0.294 e. The molecule has 5 heteroatoms. The van der Waals surface area contributed by atoms with Crippen LogP contribution in [0.5, 0.6) is 0 Å². The van der Waals surface area contributed by atoms with Crippen molar-refractivity contribution in [3.8, 4) is 0 Å². The van der Waals surface area contributed by atoms with Crippen molar-refractivity contribution in [2.45, 2.75) is 31.1 Å². The molecule has 4 nitrogen and oxygen atoms in total. The first-order chi connectivity index (χ1) is 6.93. The van der Waals surface area contributed by atoms with Gasteiger partial charge in [0.1, 0.15) is 0 Å². The fourth-order valence-electron chi connectivity index (χ4n) is 1.36. The van der Waals surface area contributed by atoms with E-state index < -0.39 is 10.1 Å². The zero-order chi connectivity index (χ0) is 11.5. The number of anilines is 1. The molecule has 0 radical (unpaired) electrons. The second-order valence-corrected chi connectivity index (χ2v) is 4.91. The van der Waals surface area contributed by atoms with E-state index in [1.165, 1.54) is 12.1 Å². The molecular formula is C10H15NO3S. The van der Waals surface area contributed by atoms with Gasteiger partial charge in [0.05, 0.1) is 4.90 Å². The SMILES string of the molecule is CCCCc1cc(N)cc(S(=O)(=O)O)c1. The minimum Gasteiger partial charge on any atom is -0.399 e. The van der Waals surface area contributed by atoms with Crippen LogP contribution < -0.4 is 5.73 Å². The Morgan fingerprint density at radius 1 is 1.33 bits per heavy atom. The molecule has 1 rings (SSSR count). The molecule has 0 spiro atoms. The van der Waals surface area contributed by atoms with Gasteiger partial charge in [0.25, 0.3) is 10.1 Å². The molecule has 0 saturated carbocycles. The summed E-state index contributed by atoms with van der Waals surface area (Å²) >= 11 is 0. The topological polar surface area (TPSA) is 80.4 Å². The van der Waals surface area contributed by atoms with Gasteiger partial charge in [0.2, 0.25) is 0 Å². The van der Waals surface area contributed by atoms with Crippen molar-refractivity contribution in [3.63, 3.8) is 0 Å². The highest BCUT2D eigenvalue weighted by atomic mass is 32.2. The number of nitrogens with two attached hydrogens (primary N) is 1. The smallest absolute Gasteiger partial charge is 0.294 e. The van der Waals surface area contributed by atoms with Crippen molar-refractivity contribution in [1.29, 1.82) is 0 Å². The molecule has 0 aliphatic carbocycles. The second kappa shape index (κ2) is 4.63. The van der Waals surface area contributed by atoms with E-state index in [1.807, 2.05) is 0 Å². The minimum absolute atomic E-state index is 0.131. The number of benzene rings is 1. The lowest BCUT2D eigenvalue weighted by atomic mass is 10.1. The molecule has 0 unspecified atom stereocenters.